The largest absolute Gasteiger partial charge is 0.573 e. The monoisotopic (exact) mass is 379 g/mol. The molecule has 0 bridgehead atoms. The third-order valence-electron chi connectivity index (χ3n) is 2.82. The molecule has 1 aromatic heterocycles. The van der Waals surface area contributed by atoms with Crippen molar-refractivity contribution in [1.82, 2.24) is 0 Å². The Morgan fingerprint density at radius 3 is 2.67 bits per heavy atom. The molecular weight excluding hydrogens is 367 g/mol. The number of hydrogen-bond acceptors (Lipinski definition) is 5. The summed E-state index contributed by atoms with van der Waals surface area (Å²) in [4.78, 5) is 12.8. The van der Waals surface area contributed by atoms with Crippen molar-refractivity contribution in [3.8, 4) is 5.75 Å². The minimum Gasteiger partial charge on any atom is -0.464 e. The highest BCUT2D eigenvalue weighted by Gasteiger charge is 2.32. The Morgan fingerprint density at radius 2 is 2.12 bits per heavy atom. The highest BCUT2D eigenvalue weighted by atomic mass is 35.5. The molecule has 1 atom stereocenters. The molecule has 0 amide bonds. The summed E-state index contributed by atoms with van der Waals surface area (Å²) in [5.41, 5.74) is 0.362. The predicted octanol–water partition coefficient (Wildman–Crippen LogP) is 5.02. The lowest BCUT2D eigenvalue weighted by molar-refractivity contribution is -0.274. The number of thiophene rings is 1. The van der Waals surface area contributed by atoms with Gasteiger partial charge in [0.05, 0.1) is 11.6 Å². The lowest BCUT2D eigenvalue weighted by Crippen LogP contribution is -2.22. The molecule has 1 unspecified atom stereocenters. The number of carbonyl (C=O) groups excluding carboxylic acids is 1. The number of halogens is 4. The smallest absolute Gasteiger partial charge is 0.464 e. The molecule has 2 rings (SSSR count). The van der Waals surface area contributed by atoms with E-state index in [1.54, 1.807) is 24.4 Å². The van der Waals surface area contributed by atoms with Crippen LogP contribution >= 0.6 is 22.9 Å². The second-order valence-corrected chi connectivity index (χ2v) is 5.92. The van der Waals surface area contributed by atoms with Crippen LogP contribution in [0.2, 0.25) is 5.02 Å². The van der Waals surface area contributed by atoms with Gasteiger partial charge in [0.15, 0.2) is 6.04 Å². The summed E-state index contributed by atoms with van der Waals surface area (Å²) in [5.74, 6) is -1.01. The van der Waals surface area contributed by atoms with E-state index < -0.39 is 24.1 Å². The maximum atomic E-state index is 12.3. The second-order valence-electron chi connectivity index (χ2n) is 4.54. The molecule has 0 aliphatic heterocycles. The van der Waals surface area contributed by atoms with Crippen LogP contribution in [0.1, 0.15) is 17.8 Å². The molecule has 0 fully saturated rings. The number of alkyl halides is 3. The normalized spacial score (nSPS) is 12.5. The fraction of sp³-hybridized carbons (Fsp3) is 0.267. The number of rotatable bonds is 6. The van der Waals surface area contributed by atoms with Gasteiger partial charge in [-0.25, -0.2) is 4.79 Å². The maximum absolute atomic E-state index is 12.3. The van der Waals surface area contributed by atoms with E-state index in [0.717, 1.165) is 6.07 Å². The van der Waals surface area contributed by atoms with Crippen molar-refractivity contribution in [3.63, 3.8) is 0 Å². The molecule has 0 saturated carbocycles. The molecule has 9 heteroatoms. The van der Waals surface area contributed by atoms with Gasteiger partial charge in [0, 0.05) is 10.6 Å². The summed E-state index contributed by atoms with van der Waals surface area (Å²) >= 11 is 7.16. The molecular formula is C15H13ClF3NO3S. The van der Waals surface area contributed by atoms with E-state index in [1.165, 1.54) is 23.5 Å². The zero-order valence-corrected chi connectivity index (χ0v) is 14.0. The number of anilines is 1. The van der Waals surface area contributed by atoms with Crippen molar-refractivity contribution < 1.29 is 27.4 Å². The topological polar surface area (TPSA) is 47.6 Å². The van der Waals surface area contributed by atoms with E-state index in [-0.39, 0.29) is 11.6 Å². The Kier molecular flexibility index (Phi) is 5.95. The van der Waals surface area contributed by atoms with Crippen molar-refractivity contribution in [1.29, 1.82) is 0 Å². The van der Waals surface area contributed by atoms with Gasteiger partial charge in [0.1, 0.15) is 5.75 Å². The quantitative estimate of drug-likeness (QED) is 0.716. The molecule has 0 spiro atoms. The van der Waals surface area contributed by atoms with Crippen molar-refractivity contribution in [2.45, 2.75) is 19.3 Å². The Balaban J connectivity index is 2.20. The Labute approximate surface area is 145 Å². The van der Waals surface area contributed by atoms with Crippen LogP contribution in [0.25, 0.3) is 0 Å². The van der Waals surface area contributed by atoms with Crippen molar-refractivity contribution in [2.75, 3.05) is 11.9 Å². The summed E-state index contributed by atoms with van der Waals surface area (Å²) in [5, 5.41) is 4.48. The van der Waals surface area contributed by atoms with Crippen LogP contribution in [0.5, 0.6) is 5.75 Å². The zero-order chi connectivity index (χ0) is 17.7. The zero-order valence-electron chi connectivity index (χ0n) is 12.4. The molecule has 2 aromatic rings. The van der Waals surface area contributed by atoms with Crippen LogP contribution in [0, 0.1) is 0 Å². The first-order chi connectivity index (χ1) is 11.3. The molecule has 24 heavy (non-hydrogen) atoms. The Morgan fingerprint density at radius 1 is 1.38 bits per heavy atom. The van der Waals surface area contributed by atoms with Gasteiger partial charge in [-0.2, -0.15) is 0 Å². The van der Waals surface area contributed by atoms with Crippen LogP contribution in [-0.2, 0) is 9.53 Å². The second kappa shape index (κ2) is 7.76. The molecule has 4 nitrogen and oxygen atoms in total. The van der Waals surface area contributed by atoms with Gasteiger partial charge in [-0.1, -0.05) is 17.7 Å². The first kappa shape index (κ1) is 18.4. The van der Waals surface area contributed by atoms with Crippen LogP contribution in [-0.4, -0.2) is 18.9 Å². The molecule has 1 heterocycles. The molecule has 1 aromatic carbocycles. The van der Waals surface area contributed by atoms with E-state index >= 15 is 0 Å². The van der Waals surface area contributed by atoms with Crippen LogP contribution in [0.3, 0.4) is 0 Å². The number of carbonyl (C=O) groups is 1. The van der Waals surface area contributed by atoms with Gasteiger partial charge >= 0.3 is 12.3 Å². The van der Waals surface area contributed by atoms with E-state index in [1.807, 2.05) is 0 Å². The van der Waals surface area contributed by atoms with E-state index in [9.17, 15) is 18.0 Å². The number of ether oxygens (including phenoxy) is 2. The van der Waals surface area contributed by atoms with E-state index in [0.29, 0.717) is 10.6 Å². The minimum absolute atomic E-state index is 0.210. The van der Waals surface area contributed by atoms with Gasteiger partial charge in [-0.15, -0.1) is 24.5 Å². The first-order valence-electron chi connectivity index (χ1n) is 6.82. The van der Waals surface area contributed by atoms with Crippen molar-refractivity contribution >= 4 is 34.6 Å². The van der Waals surface area contributed by atoms with Crippen LogP contribution in [0.15, 0.2) is 35.7 Å². The van der Waals surface area contributed by atoms with Gasteiger partial charge in [0.25, 0.3) is 0 Å². The number of benzene rings is 1. The van der Waals surface area contributed by atoms with E-state index in [4.69, 9.17) is 16.3 Å². The highest BCUT2D eigenvalue weighted by Crippen LogP contribution is 2.33. The fourth-order valence-corrected chi connectivity index (χ4v) is 2.87. The maximum Gasteiger partial charge on any atom is 0.573 e. The van der Waals surface area contributed by atoms with Gasteiger partial charge in [-0.3, -0.25) is 0 Å². The van der Waals surface area contributed by atoms with Crippen molar-refractivity contribution in [3.05, 3.63) is 45.6 Å². The van der Waals surface area contributed by atoms with Gasteiger partial charge < -0.3 is 14.8 Å². The third kappa shape index (κ3) is 5.04. The number of esters is 1. The average molecular weight is 380 g/mol. The lowest BCUT2D eigenvalue weighted by atomic mass is 10.2. The van der Waals surface area contributed by atoms with Gasteiger partial charge in [0.2, 0.25) is 0 Å². The highest BCUT2D eigenvalue weighted by molar-refractivity contribution is 7.10. The molecule has 130 valence electrons. The summed E-state index contributed by atoms with van der Waals surface area (Å²) in [6.07, 6.45) is -4.83. The van der Waals surface area contributed by atoms with E-state index in [2.05, 4.69) is 10.1 Å². The molecule has 0 aliphatic carbocycles. The number of nitrogens with one attached hydrogen (secondary N) is 1. The summed E-state index contributed by atoms with van der Waals surface area (Å²) in [6.45, 7) is 1.89. The molecule has 0 aliphatic rings. The minimum atomic E-state index is -4.83. The molecule has 0 radical (unpaired) electrons. The fourth-order valence-electron chi connectivity index (χ4n) is 1.89. The predicted molar refractivity (Wildman–Crippen MR) is 85.5 cm³/mol. The first-order valence-corrected chi connectivity index (χ1v) is 8.08. The summed E-state index contributed by atoms with van der Waals surface area (Å²) in [6, 6.07) is 6.42. The summed E-state index contributed by atoms with van der Waals surface area (Å²) in [7, 11) is 0. The Hall–Kier alpha value is -1.93. The lowest BCUT2D eigenvalue weighted by Gasteiger charge is -2.18. The van der Waals surface area contributed by atoms with Crippen molar-refractivity contribution in [2.24, 2.45) is 0 Å². The average Bonchev–Trinajstić information content (AvgIpc) is 3.00. The van der Waals surface area contributed by atoms with Gasteiger partial charge in [-0.05, 0) is 36.6 Å². The SMILES string of the molecule is CCOC(=O)C(Nc1ccc(OC(F)(F)F)c(Cl)c1)c1cccs1. The van der Waals surface area contributed by atoms with Crippen LogP contribution in [0.4, 0.5) is 18.9 Å². The molecule has 1 N–H and O–H groups in total. The number of hydrogen-bond donors (Lipinski definition) is 1. The standard InChI is InChI=1S/C15H13ClF3NO3S/c1-2-22-14(21)13(12-4-3-7-24-12)20-9-5-6-11(10(16)8-9)23-15(17,18)19/h3-8,13,20H,2H2,1H3. The summed E-state index contributed by atoms with van der Waals surface area (Å²) < 4.78 is 45.6. The Bertz CT molecular complexity index is 692. The third-order valence-corrected chi connectivity index (χ3v) is 4.05. The molecule has 0 saturated heterocycles. The van der Waals surface area contributed by atoms with Crippen LogP contribution < -0.4 is 10.1 Å².